The van der Waals surface area contributed by atoms with Crippen molar-refractivity contribution >= 4 is 22.6 Å². The first-order valence-electron chi connectivity index (χ1n) is 5.15. The minimum Gasteiger partial charge on any atom is -0.354 e. The number of alkyl halides is 1. The standard InChI is InChI=1S/C10H13IN2O3/c1-6-5-13(10(15)12-9(6)14)8-3-2-7(4-11)16-8/h5,7-8H,2-4H2,1H3,(H,12,14,15). The van der Waals surface area contributed by atoms with Crippen molar-refractivity contribution < 1.29 is 4.74 Å². The molecule has 1 aliphatic heterocycles. The molecule has 2 heterocycles. The molecular formula is C10H13IN2O3. The maximum Gasteiger partial charge on any atom is 0.330 e. The van der Waals surface area contributed by atoms with Crippen molar-refractivity contribution in [3.63, 3.8) is 0 Å². The molecule has 6 heteroatoms. The number of H-pyrrole nitrogens is 1. The van der Waals surface area contributed by atoms with Crippen molar-refractivity contribution in [2.24, 2.45) is 0 Å². The molecular weight excluding hydrogens is 323 g/mol. The third kappa shape index (κ3) is 2.22. The van der Waals surface area contributed by atoms with Gasteiger partial charge in [0.2, 0.25) is 0 Å². The van der Waals surface area contributed by atoms with Crippen LogP contribution in [0.4, 0.5) is 0 Å². The van der Waals surface area contributed by atoms with E-state index >= 15 is 0 Å². The average molecular weight is 336 g/mol. The van der Waals surface area contributed by atoms with Gasteiger partial charge >= 0.3 is 5.69 Å². The maximum atomic E-state index is 11.6. The van der Waals surface area contributed by atoms with Crippen molar-refractivity contribution in [2.75, 3.05) is 4.43 Å². The number of nitrogens with one attached hydrogen (secondary N) is 1. The Morgan fingerprint density at radius 3 is 2.94 bits per heavy atom. The molecule has 1 N–H and O–H groups in total. The lowest BCUT2D eigenvalue weighted by atomic mass is 10.2. The van der Waals surface area contributed by atoms with E-state index in [-0.39, 0.29) is 17.9 Å². The van der Waals surface area contributed by atoms with E-state index in [2.05, 4.69) is 27.6 Å². The zero-order valence-corrected chi connectivity index (χ0v) is 11.1. The topological polar surface area (TPSA) is 64.1 Å². The highest BCUT2D eigenvalue weighted by Crippen LogP contribution is 2.27. The molecule has 2 unspecified atom stereocenters. The van der Waals surface area contributed by atoms with Crippen LogP contribution in [0.1, 0.15) is 24.6 Å². The third-order valence-corrected chi connectivity index (χ3v) is 3.70. The first kappa shape index (κ1) is 11.8. The largest absolute Gasteiger partial charge is 0.354 e. The molecule has 1 fully saturated rings. The highest BCUT2D eigenvalue weighted by Gasteiger charge is 2.26. The van der Waals surface area contributed by atoms with Gasteiger partial charge in [-0.2, -0.15) is 0 Å². The first-order chi connectivity index (χ1) is 7.61. The molecule has 5 nitrogen and oxygen atoms in total. The zero-order valence-electron chi connectivity index (χ0n) is 8.90. The second kappa shape index (κ2) is 4.70. The highest BCUT2D eigenvalue weighted by molar-refractivity contribution is 14.1. The molecule has 0 saturated carbocycles. The third-order valence-electron chi connectivity index (χ3n) is 2.71. The van der Waals surface area contributed by atoms with E-state index in [0.29, 0.717) is 5.56 Å². The molecule has 0 radical (unpaired) electrons. The van der Waals surface area contributed by atoms with E-state index in [9.17, 15) is 9.59 Å². The van der Waals surface area contributed by atoms with Crippen LogP contribution in [-0.4, -0.2) is 20.1 Å². The molecule has 0 amide bonds. The summed E-state index contributed by atoms with van der Waals surface area (Å²) in [5.41, 5.74) is -0.194. The van der Waals surface area contributed by atoms with Crippen molar-refractivity contribution in [3.8, 4) is 0 Å². The highest BCUT2D eigenvalue weighted by atomic mass is 127. The Labute approximate surface area is 106 Å². The molecule has 1 aromatic rings. The molecule has 1 aliphatic rings. The minimum absolute atomic E-state index is 0.213. The van der Waals surface area contributed by atoms with Crippen LogP contribution >= 0.6 is 22.6 Å². The summed E-state index contributed by atoms with van der Waals surface area (Å²) in [4.78, 5) is 25.1. The number of halogens is 1. The van der Waals surface area contributed by atoms with E-state index in [1.165, 1.54) is 4.57 Å². The second-order valence-electron chi connectivity index (χ2n) is 3.92. The van der Waals surface area contributed by atoms with Gasteiger partial charge in [-0.1, -0.05) is 22.6 Å². The Morgan fingerprint density at radius 1 is 1.56 bits per heavy atom. The van der Waals surface area contributed by atoms with E-state index in [1.54, 1.807) is 13.1 Å². The summed E-state index contributed by atoms with van der Waals surface area (Å²) in [7, 11) is 0. The van der Waals surface area contributed by atoms with Gasteiger partial charge in [-0.3, -0.25) is 14.3 Å². The number of rotatable bonds is 2. The Morgan fingerprint density at radius 2 is 2.31 bits per heavy atom. The summed E-state index contributed by atoms with van der Waals surface area (Å²) in [6.07, 6.45) is 3.33. The van der Waals surface area contributed by atoms with E-state index in [1.807, 2.05) is 0 Å². The number of aromatic amines is 1. The number of aryl methyl sites for hydroxylation is 1. The van der Waals surface area contributed by atoms with Crippen molar-refractivity contribution in [1.29, 1.82) is 0 Å². The second-order valence-corrected chi connectivity index (χ2v) is 4.80. The lowest BCUT2D eigenvalue weighted by molar-refractivity contribution is 0.0111. The number of aromatic nitrogens is 2. The molecule has 1 saturated heterocycles. The first-order valence-corrected chi connectivity index (χ1v) is 6.68. The van der Waals surface area contributed by atoms with Gasteiger partial charge in [0.1, 0.15) is 6.23 Å². The monoisotopic (exact) mass is 336 g/mol. The summed E-state index contributed by atoms with van der Waals surface area (Å²) in [5.74, 6) is 0. The van der Waals surface area contributed by atoms with Crippen LogP contribution in [0.2, 0.25) is 0 Å². The summed E-state index contributed by atoms with van der Waals surface area (Å²) in [6.45, 7) is 1.68. The molecule has 0 bridgehead atoms. The molecule has 0 aromatic carbocycles. The van der Waals surface area contributed by atoms with Gasteiger partial charge in [0, 0.05) is 16.2 Å². The normalized spacial score (nSPS) is 24.9. The summed E-state index contributed by atoms with van der Waals surface area (Å²) >= 11 is 2.27. The SMILES string of the molecule is Cc1cn(C2CCC(CI)O2)c(=O)[nH]c1=O. The van der Waals surface area contributed by atoms with E-state index < -0.39 is 5.69 Å². The van der Waals surface area contributed by atoms with Gasteiger partial charge in [0.05, 0.1) is 6.10 Å². The molecule has 1 aromatic heterocycles. The molecule has 2 rings (SSSR count). The number of ether oxygens (including phenoxy) is 1. The fourth-order valence-corrected chi connectivity index (χ4v) is 2.45. The molecule has 16 heavy (non-hydrogen) atoms. The van der Waals surface area contributed by atoms with Gasteiger partial charge in [-0.25, -0.2) is 4.79 Å². The Hall–Kier alpha value is -0.630. The van der Waals surface area contributed by atoms with Crippen LogP contribution in [0.3, 0.4) is 0 Å². The molecule has 88 valence electrons. The Balaban J connectivity index is 2.32. The smallest absolute Gasteiger partial charge is 0.330 e. The predicted molar refractivity (Wildman–Crippen MR) is 68.1 cm³/mol. The molecule has 2 atom stereocenters. The number of hydrogen-bond donors (Lipinski definition) is 1. The van der Waals surface area contributed by atoms with Gasteiger partial charge in [0.25, 0.3) is 5.56 Å². The van der Waals surface area contributed by atoms with Crippen LogP contribution in [0, 0.1) is 6.92 Å². The van der Waals surface area contributed by atoms with Crippen LogP contribution < -0.4 is 11.2 Å². The van der Waals surface area contributed by atoms with Crippen LogP contribution in [-0.2, 0) is 4.74 Å². The average Bonchev–Trinajstić information content (AvgIpc) is 2.71. The van der Waals surface area contributed by atoms with Crippen LogP contribution in [0.15, 0.2) is 15.8 Å². The Kier molecular flexibility index (Phi) is 3.48. The fraction of sp³-hybridized carbons (Fsp3) is 0.600. The minimum atomic E-state index is -0.394. The summed E-state index contributed by atoms with van der Waals surface area (Å²) in [6, 6.07) is 0. The quantitative estimate of drug-likeness (QED) is 0.646. The number of nitrogens with zero attached hydrogens (tertiary/aromatic N) is 1. The fourth-order valence-electron chi connectivity index (χ4n) is 1.80. The molecule has 0 spiro atoms. The zero-order chi connectivity index (χ0) is 11.7. The molecule has 0 aliphatic carbocycles. The number of hydrogen-bond acceptors (Lipinski definition) is 3. The lowest BCUT2D eigenvalue weighted by Crippen LogP contribution is -2.33. The van der Waals surface area contributed by atoms with Crippen molar-refractivity contribution in [2.45, 2.75) is 32.1 Å². The van der Waals surface area contributed by atoms with Gasteiger partial charge in [-0.15, -0.1) is 0 Å². The van der Waals surface area contributed by atoms with E-state index in [4.69, 9.17) is 4.74 Å². The van der Waals surface area contributed by atoms with Crippen LogP contribution in [0.5, 0.6) is 0 Å². The maximum absolute atomic E-state index is 11.6. The van der Waals surface area contributed by atoms with Crippen molar-refractivity contribution in [3.05, 3.63) is 32.6 Å². The summed E-state index contributed by atoms with van der Waals surface area (Å²) < 4.78 is 8.10. The van der Waals surface area contributed by atoms with E-state index in [0.717, 1.165) is 17.3 Å². The summed E-state index contributed by atoms with van der Waals surface area (Å²) in [5, 5.41) is 0. The Bertz CT molecular complexity index is 494. The lowest BCUT2D eigenvalue weighted by Gasteiger charge is -2.14. The van der Waals surface area contributed by atoms with Gasteiger partial charge in [-0.05, 0) is 19.8 Å². The van der Waals surface area contributed by atoms with Gasteiger partial charge < -0.3 is 4.74 Å². The van der Waals surface area contributed by atoms with Gasteiger partial charge in [0.15, 0.2) is 0 Å². The predicted octanol–water partition coefficient (Wildman–Crippen LogP) is 0.958. The van der Waals surface area contributed by atoms with Crippen LogP contribution in [0.25, 0.3) is 0 Å². The van der Waals surface area contributed by atoms with Crippen molar-refractivity contribution in [1.82, 2.24) is 9.55 Å².